The zero-order chi connectivity index (χ0) is 13.8. The lowest BCUT2D eigenvalue weighted by Gasteiger charge is -2.03. The highest BCUT2D eigenvalue weighted by atomic mass is 16.5. The predicted molar refractivity (Wildman–Crippen MR) is 69.2 cm³/mol. The van der Waals surface area contributed by atoms with Crippen LogP contribution in [0.3, 0.4) is 0 Å². The molecule has 2 aromatic heterocycles. The zero-order valence-electron chi connectivity index (χ0n) is 11.2. The Bertz CT molecular complexity index is 560. The molecule has 6 heteroatoms. The van der Waals surface area contributed by atoms with Gasteiger partial charge in [0.15, 0.2) is 5.78 Å². The van der Waals surface area contributed by atoms with Crippen LogP contribution in [0.2, 0.25) is 0 Å². The molecule has 0 atom stereocenters. The minimum atomic E-state index is -0.107. The molecule has 0 aliphatic heterocycles. The Morgan fingerprint density at radius 2 is 2.11 bits per heavy atom. The minimum Gasteiger partial charge on any atom is -0.480 e. The highest BCUT2D eigenvalue weighted by Gasteiger charge is 2.12. The minimum absolute atomic E-state index is 0.107. The van der Waals surface area contributed by atoms with Gasteiger partial charge in [-0.25, -0.2) is 0 Å². The van der Waals surface area contributed by atoms with Gasteiger partial charge in [0, 0.05) is 18.3 Å². The lowest BCUT2D eigenvalue weighted by molar-refractivity contribution is 0.0985. The van der Waals surface area contributed by atoms with E-state index < -0.39 is 0 Å². The molecule has 0 saturated carbocycles. The van der Waals surface area contributed by atoms with Crippen LogP contribution in [-0.2, 0) is 6.42 Å². The Labute approximate surface area is 111 Å². The molecule has 0 bridgehead atoms. The van der Waals surface area contributed by atoms with E-state index in [0.717, 1.165) is 5.69 Å². The van der Waals surface area contributed by atoms with Crippen LogP contribution in [0.25, 0.3) is 0 Å². The van der Waals surface area contributed by atoms with Crippen molar-refractivity contribution in [3.8, 4) is 5.88 Å². The molecule has 0 spiro atoms. The van der Waals surface area contributed by atoms with Gasteiger partial charge >= 0.3 is 0 Å². The Morgan fingerprint density at radius 3 is 2.63 bits per heavy atom. The summed E-state index contributed by atoms with van der Waals surface area (Å²) in [5.74, 6) is 0.282. The van der Waals surface area contributed by atoms with Crippen molar-refractivity contribution in [1.82, 2.24) is 20.0 Å². The van der Waals surface area contributed by atoms with Gasteiger partial charge in [-0.2, -0.15) is 5.10 Å². The Kier molecular flexibility index (Phi) is 3.89. The van der Waals surface area contributed by atoms with Crippen LogP contribution >= 0.6 is 0 Å². The summed E-state index contributed by atoms with van der Waals surface area (Å²) in [5.41, 5.74) is 1.05. The number of ether oxygens (including phenoxy) is 1. The first kappa shape index (κ1) is 13.2. The third-order valence-electron chi connectivity index (χ3n) is 2.67. The second kappa shape index (κ2) is 5.60. The molecule has 6 nitrogen and oxygen atoms in total. The van der Waals surface area contributed by atoms with E-state index in [-0.39, 0.29) is 18.2 Å². The van der Waals surface area contributed by atoms with Crippen LogP contribution in [0, 0.1) is 0 Å². The summed E-state index contributed by atoms with van der Waals surface area (Å²) < 4.78 is 6.72. The molecule has 0 fully saturated rings. The molecule has 0 radical (unpaired) electrons. The highest BCUT2D eigenvalue weighted by Crippen LogP contribution is 2.09. The number of carbonyl (C=O) groups excluding carboxylic acids is 1. The predicted octanol–water partition coefficient (Wildman–Crippen LogP) is 1.69. The molecule has 0 aromatic carbocycles. The molecular weight excluding hydrogens is 244 g/mol. The lowest BCUT2D eigenvalue weighted by Crippen LogP contribution is -2.09. The van der Waals surface area contributed by atoms with Crippen molar-refractivity contribution >= 4 is 5.78 Å². The fourth-order valence-corrected chi connectivity index (χ4v) is 1.59. The van der Waals surface area contributed by atoms with E-state index in [9.17, 15) is 4.79 Å². The average molecular weight is 260 g/mol. The Hall–Kier alpha value is -2.24. The van der Waals surface area contributed by atoms with Crippen LogP contribution in [0.1, 0.15) is 36.1 Å². The summed E-state index contributed by atoms with van der Waals surface area (Å²) >= 11 is 0. The third-order valence-corrected chi connectivity index (χ3v) is 2.67. The maximum Gasteiger partial charge on any atom is 0.233 e. The van der Waals surface area contributed by atoms with Crippen molar-refractivity contribution in [3.63, 3.8) is 0 Å². The SMILES string of the molecule is COc1ccc(C(=O)Cc2ccn(C(C)C)n2)nn1. The number of methoxy groups -OCH3 is 1. The van der Waals surface area contributed by atoms with Crippen LogP contribution in [-0.4, -0.2) is 32.9 Å². The summed E-state index contributed by atoms with van der Waals surface area (Å²) in [6.07, 6.45) is 2.09. The molecule has 0 aliphatic rings. The first-order chi connectivity index (χ1) is 9.10. The number of aromatic nitrogens is 4. The molecule has 0 unspecified atom stereocenters. The maximum atomic E-state index is 12.0. The summed E-state index contributed by atoms with van der Waals surface area (Å²) in [7, 11) is 1.50. The standard InChI is InChI=1S/C13H16N4O2/c1-9(2)17-7-6-10(16-17)8-12(18)11-4-5-13(19-3)15-14-11/h4-7,9H,8H2,1-3H3. The molecular formula is C13H16N4O2. The van der Waals surface area contributed by atoms with E-state index in [0.29, 0.717) is 11.6 Å². The highest BCUT2D eigenvalue weighted by molar-refractivity contribution is 5.95. The summed E-state index contributed by atoms with van der Waals surface area (Å²) in [5, 5.41) is 11.9. The van der Waals surface area contributed by atoms with Crippen LogP contribution in [0.4, 0.5) is 0 Å². The molecule has 100 valence electrons. The van der Waals surface area contributed by atoms with Crippen LogP contribution in [0.15, 0.2) is 24.4 Å². The van der Waals surface area contributed by atoms with E-state index in [1.165, 1.54) is 7.11 Å². The third kappa shape index (κ3) is 3.15. The fraction of sp³-hybridized carbons (Fsp3) is 0.385. The van der Waals surface area contributed by atoms with Gasteiger partial charge in [0.1, 0.15) is 5.69 Å². The van der Waals surface area contributed by atoms with Gasteiger partial charge in [-0.15, -0.1) is 10.2 Å². The van der Waals surface area contributed by atoms with Gasteiger partial charge in [0.2, 0.25) is 5.88 Å². The quantitative estimate of drug-likeness (QED) is 0.765. The average Bonchev–Trinajstić information content (AvgIpc) is 2.87. The second-order valence-corrected chi connectivity index (χ2v) is 4.44. The van der Waals surface area contributed by atoms with Gasteiger partial charge in [-0.1, -0.05) is 0 Å². The molecule has 0 aliphatic carbocycles. The number of hydrogen-bond donors (Lipinski definition) is 0. The number of ketones is 1. The molecule has 19 heavy (non-hydrogen) atoms. The van der Waals surface area contributed by atoms with Gasteiger partial charge in [0.25, 0.3) is 0 Å². The smallest absolute Gasteiger partial charge is 0.233 e. The van der Waals surface area contributed by atoms with Crippen molar-refractivity contribution in [1.29, 1.82) is 0 Å². The topological polar surface area (TPSA) is 69.9 Å². The van der Waals surface area contributed by atoms with E-state index in [1.807, 2.05) is 30.8 Å². The van der Waals surface area contributed by atoms with Gasteiger partial charge in [-0.05, 0) is 26.0 Å². The van der Waals surface area contributed by atoms with Crippen molar-refractivity contribution < 1.29 is 9.53 Å². The molecule has 2 rings (SSSR count). The monoisotopic (exact) mass is 260 g/mol. The van der Waals surface area contributed by atoms with Crippen molar-refractivity contribution in [3.05, 3.63) is 35.8 Å². The molecule has 0 saturated heterocycles. The summed E-state index contributed by atoms with van der Waals surface area (Å²) in [6.45, 7) is 4.07. The van der Waals surface area contributed by atoms with Gasteiger partial charge in [-0.3, -0.25) is 9.48 Å². The van der Waals surface area contributed by atoms with Crippen LogP contribution in [0.5, 0.6) is 5.88 Å². The Balaban J connectivity index is 2.06. The van der Waals surface area contributed by atoms with E-state index in [1.54, 1.807) is 12.1 Å². The van der Waals surface area contributed by atoms with E-state index >= 15 is 0 Å². The Morgan fingerprint density at radius 1 is 1.32 bits per heavy atom. The zero-order valence-corrected chi connectivity index (χ0v) is 11.2. The van der Waals surface area contributed by atoms with Crippen molar-refractivity contribution in [2.24, 2.45) is 0 Å². The number of nitrogens with zero attached hydrogens (tertiary/aromatic N) is 4. The lowest BCUT2D eigenvalue weighted by atomic mass is 10.1. The fourth-order valence-electron chi connectivity index (χ4n) is 1.59. The van der Waals surface area contributed by atoms with Crippen molar-refractivity contribution in [2.45, 2.75) is 26.3 Å². The summed E-state index contributed by atoms with van der Waals surface area (Å²) in [4.78, 5) is 12.0. The number of hydrogen-bond acceptors (Lipinski definition) is 5. The number of Topliss-reactive ketones (excluding diaryl/α,β-unsaturated/α-hetero) is 1. The van der Waals surface area contributed by atoms with Crippen LogP contribution < -0.4 is 4.74 Å². The van der Waals surface area contributed by atoms with E-state index in [4.69, 9.17) is 4.74 Å². The van der Waals surface area contributed by atoms with Gasteiger partial charge < -0.3 is 4.74 Å². The first-order valence-electron chi connectivity index (χ1n) is 6.05. The molecule has 0 N–H and O–H groups in total. The largest absolute Gasteiger partial charge is 0.480 e. The van der Waals surface area contributed by atoms with E-state index in [2.05, 4.69) is 15.3 Å². The number of rotatable bonds is 5. The maximum absolute atomic E-state index is 12.0. The van der Waals surface area contributed by atoms with Gasteiger partial charge in [0.05, 0.1) is 19.2 Å². The molecule has 2 aromatic rings. The van der Waals surface area contributed by atoms with Crippen molar-refractivity contribution in [2.75, 3.05) is 7.11 Å². The second-order valence-electron chi connectivity index (χ2n) is 4.44. The first-order valence-corrected chi connectivity index (χ1v) is 6.05. The molecule has 2 heterocycles. The summed E-state index contributed by atoms with van der Waals surface area (Å²) in [6, 6.07) is 5.35. The normalized spacial score (nSPS) is 10.7. The molecule has 0 amide bonds. The number of carbonyl (C=O) groups is 1.